The summed E-state index contributed by atoms with van der Waals surface area (Å²) in [4.78, 5) is 13.3. The van der Waals surface area contributed by atoms with E-state index in [9.17, 15) is 23.1 Å². The van der Waals surface area contributed by atoms with Gasteiger partial charge in [0.05, 0.1) is 24.0 Å². The van der Waals surface area contributed by atoms with Gasteiger partial charge < -0.3 is 20.1 Å². The third kappa shape index (κ3) is 4.77. The third-order valence-corrected chi connectivity index (χ3v) is 3.82. The summed E-state index contributed by atoms with van der Waals surface area (Å²) in [5, 5.41) is 12.1. The van der Waals surface area contributed by atoms with E-state index in [1.54, 1.807) is 6.92 Å². The summed E-state index contributed by atoms with van der Waals surface area (Å²) in [6.45, 7) is 1.99. The SMILES string of the molecule is CCOc1ccc(NC(=O)N(C)CC(O)C2CC2)c(C(F)(F)F)c1. The molecule has 0 aliphatic heterocycles. The number of hydrogen-bond acceptors (Lipinski definition) is 3. The molecule has 1 aromatic rings. The Labute approximate surface area is 138 Å². The lowest BCUT2D eigenvalue weighted by Gasteiger charge is -2.22. The number of rotatable bonds is 6. The number of benzene rings is 1. The fourth-order valence-electron chi connectivity index (χ4n) is 2.33. The number of halogens is 3. The molecule has 1 saturated carbocycles. The van der Waals surface area contributed by atoms with Gasteiger partial charge in [-0.25, -0.2) is 4.79 Å². The molecular formula is C16H21F3N2O3. The van der Waals surface area contributed by atoms with Gasteiger partial charge in [0.2, 0.25) is 0 Å². The predicted octanol–water partition coefficient (Wildman–Crippen LogP) is 3.34. The second-order valence-electron chi connectivity index (χ2n) is 5.85. The summed E-state index contributed by atoms with van der Waals surface area (Å²) in [5.41, 5.74) is -1.32. The summed E-state index contributed by atoms with van der Waals surface area (Å²) in [6, 6.07) is 2.69. The Balaban J connectivity index is 2.10. The molecule has 24 heavy (non-hydrogen) atoms. The van der Waals surface area contributed by atoms with Crippen molar-refractivity contribution in [2.45, 2.75) is 32.0 Å². The lowest BCUT2D eigenvalue weighted by Crippen LogP contribution is -2.38. The summed E-state index contributed by atoms with van der Waals surface area (Å²) < 4.78 is 44.6. The van der Waals surface area contributed by atoms with E-state index in [-0.39, 0.29) is 30.5 Å². The maximum atomic E-state index is 13.2. The molecule has 0 aromatic heterocycles. The summed E-state index contributed by atoms with van der Waals surface area (Å²) >= 11 is 0. The molecule has 2 rings (SSSR count). The Morgan fingerprint density at radius 1 is 1.46 bits per heavy atom. The van der Waals surface area contributed by atoms with E-state index in [1.807, 2.05) is 0 Å². The van der Waals surface area contributed by atoms with Crippen LogP contribution in [-0.4, -0.2) is 42.3 Å². The number of alkyl halides is 3. The predicted molar refractivity (Wildman–Crippen MR) is 83.0 cm³/mol. The maximum absolute atomic E-state index is 13.2. The van der Waals surface area contributed by atoms with Crippen LogP contribution in [0, 0.1) is 5.92 Å². The number of anilines is 1. The molecule has 0 radical (unpaired) electrons. The number of nitrogens with one attached hydrogen (secondary N) is 1. The standard InChI is InChI=1S/C16H21F3N2O3/c1-3-24-11-6-7-13(12(8-11)16(17,18)19)20-15(23)21(2)9-14(22)10-4-5-10/h6-8,10,14,22H,3-5,9H2,1-2H3,(H,20,23). The van der Waals surface area contributed by atoms with Crippen LogP contribution in [-0.2, 0) is 6.18 Å². The Hall–Kier alpha value is -1.96. The van der Waals surface area contributed by atoms with Crippen molar-refractivity contribution in [3.63, 3.8) is 0 Å². The highest BCUT2D eigenvalue weighted by molar-refractivity contribution is 5.90. The van der Waals surface area contributed by atoms with Gasteiger partial charge in [-0.05, 0) is 43.9 Å². The normalized spacial score (nSPS) is 15.8. The first kappa shape index (κ1) is 18.4. The number of aliphatic hydroxyl groups is 1. The molecule has 2 N–H and O–H groups in total. The number of amides is 2. The average molecular weight is 346 g/mol. The molecule has 0 bridgehead atoms. The highest BCUT2D eigenvalue weighted by atomic mass is 19.4. The monoisotopic (exact) mass is 346 g/mol. The molecule has 8 heteroatoms. The van der Waals surface area contributed by atoms with E-state index in [0.29, 0.717) is 0 Å². The third-order valence-electron chi connectivity index (χ3n) is 3.82. The summed E-state index contributed by atoms with van der Waals surface area (Å²) in [7, 11) is 1.43. The zero-order chi connectivity index (χ0) is 17.9. The van der Waals surface area contributed by atoms with Gasteiger partial charge in [-0.3, -0.25) is 0 Å². The number of aliphatic hydroxyl groups excluding tert-OH is 1. The highest BCUT2D eigenvalue weighted by Crippen LogP contribution is 2.37. The number of hydrogen-bond donors (Lipinski definition) is 2. The molecule has 1 aliphatic rings. The zero-order valence-corrected chi connectivity index (χ0v) is 13.6. The largest absolute Gasteiger partial charge is 0.494 e. The topological polar surface area (TPSA) is 61.8 Å². The van der Waals surface area contributed by atoms with Gasteiger partial charge in [0, 0.05) is 13.6 Å². The first-order valence-electron chi connectivity index (χ1n) is 7.76. The molecule has 0 heterocycles. The number of carbonyl (C=O) groups excluding carboxylic acids is 1. The van der Waals surface area contributed by atoms with Crippen molar-refractivity contribution in [3.8, 4) is 5.75 Å². The zero-order valence-electron chi connectivity index (χ0n) is 13.6. The molecule has 1 unspecified atom stereocenters. The second-order valence-corrected chi connectivity index (χ2v) is 5.85. The molecule has 2 amide bonds. The Kier molecular flexibility index (Phi) is 5.58. The molecule has 1 atom stereocenters. The summed E-state index contributed by atoms with van der Waals surface area (Å²) in [5.74, 6) is 0.261. The van der Waals surface area contributed by atoms with E-state index in [1.165, 1.54) is 18.0 Å². The summed E-state index contributed by atoms with van der Waals surface area (Å²) in [6.07, 6.45) is -3.45. The number of carbonyl (C=O) groups is 1. The second kappa shape index (κ2) is 7.29. The lowest BCUT2D eigenvalue weighted by atomic mass is 10.1. The highest BCUT2D eigenvalue weighted by Gasteiger charge is 2.35. The van der Waals surface area contributed by atoms with E-state index in [4.69, 9.17) is 4.74 Å². The minimum absolute atomic E-state index is 0.0783. The minimum Gasteiger partial charge on any atom is -0.494 e. The fraction of sp³-hybridized carbons (Fsp3) is 0.562. The molecule has 0 spiro atoms. The van der Waals surface area contributed by atoms with Gasteiger partial charge in [0.1, 0.15) is 5.75 Å². The van der Waals surface area contributed by atoms with Crippen molar-refractivity contribution in [1.29, 1.82) is 0 Å². The van der Waals surface area contributed by atoms with Crippen molar-refractivity contribution >= 4 is 11.7 Å². The van der Waals surface area contributed by atoms with Crippen molar-refractivity contribution in [1.82, 2.24) is 4.90 Å². The van der Waals surface area contributed by atoms with Gasteiger partial charge in [-0.15, -0.1) is 0 Å². The maximum Gasteiger partial charge on any atom is 0.418 e. The number of likely N-dealkylation sites (N-methyl/N-ethyl adjacent to an activating group) is 1. The van der Waals surface area contributed by atoms with Crippen molar-refractivity contribution in [2.24, 2.45) is 5.92 Å². The van der Waals surface area contributed by atoms with Crippen molar-refractivity contribution < 1.29 is 27.8 Å². The molecular weight excluding hydrogens is 325 g/mol. The first-order chi connectivity index (χ1) is 11.2. The minimum atomic E-state index is -4.62. The molecule has 1 aliphatic carbocycles. The van der Waals surface area contributed by atoms with Gasteiger partial charge in [-0.2, -0.15) is 13.2 Å². The molecule has 134 valence electrons. The number of ether oxygens (including phenoxy) is 1. The average Bonchev–Trinajstić information content (AvgIpc) is 3.32. The molecule has 1 aromatic carbocycles. The lowest BCUT2D eigenvalue weighted by molar-refractivity contribution is -0.137. The molecule has 0 saturated heterocycles. The fourth-order valence-corrected chi connectivity index (χ4v) is 2.33. The van der Waals surface area contributed by atoms with Crippen LogP contribution in [0.15, 0.2) is 18.2 Å². The van der Waals surface area contributed by atoms with Crippen LogP contribution < -0.4 is 10.1 Å². The van der Waals surface area contributed by atoms with Crippen LogP contribution in [0.3, 0.4) is 0 Å². The molecule has 1 fully saturated rings. The van der Waals surface area contributed by atoms with Crippen LogP contribution in [0.5, 0.6) is 5.75 Å². The van der Waals surface area contributed by atoms with E-state index < -0.39 is 23.9 Å². The quantitative estimate of drug-likeness (QED) is 0.830. The number of nitrogens with zero attached hydrogens (tertiary/aromatic N) is 1. The van der Waals surface area contributed by atoms with E-state index in [0.717, 1.165) is 25.0 Å². The van der Waals surface area contributed by atoms with Crippen LogP contribution >= 0.6 is 0 Å². The van der Waals surface area contributed by atoms with Gasteiger partial charge >= 0.3 is 12.2 Å². The van der Waals surface area contributed by atoms with Gasteiger partial charge in [0.15, 0.2) is 0 Å². The molecule has 5 nitrogen and oxygen atoms in total. The van der Waals surface area contributed by atoms with E-state index >= 15 is 0 Å². The Bertz CT molecular complexity index is 588. The Morgan fingerprint density at radius 3 is 2.67 bits per heavy atom. The van der Waals surface area contributed by atoms with Crippen LogP contribution in [0.4, 0.5) is 23.7 Å². The van der Waals surface area contributed by atoms with Gasteiger partial charge in [-0.1, -0.05) is 0 Å². The van der Waals surface area contributed by atoms with Crippen LogP contribution in [0.25, 0.3) is 0 Å². The van der Waals surface area contributed by atoms with Crippen LogP contribution in [0.1, 0.15) is 25.3 Å². The van der Waals surface area contributed by atoms with Crippen LogP contribution in [0.2, 0.25) is 0 Å². The van der Waals surface area contributed by atoms with Crippen molar-refractivity contribution in [3.05, 3.63) is 23.8 Å². The van der Waals surface area contributed by atoms with Crippen molar-refractivity contribution in [2.75, 3.05) is 25.5 Å². The van der Waals surface area contributed by atoms with E-state index in [2.05, 4.69) is 5.32 Å². The van der Waals surface area contributed by atoms with Gasteiger partial charge in [0.25, 0.3) is 0 Å². The Morgan fingerprint density at radius 2 is 2.12 bits per heavy atom. The first-order valence-corrected chi connectivity index (χ1v) is 7.76. The number of urea groups is 1. The smallest absolute Gasteiger partial charge is 0.418 e.